The quantitative estimate of drug-likeness (QED) is 0.843. The number of hydrogen-bond acceptors (Lipinski definition) is 3. The Kier molecular flexibility index (Phi) is 4.08. The number of halogens is 3. The van der Waals surface area contributed by atoms with Gasteiger partial charge in [-0.1, -0.05) is 29.3 Å². The van der Waals surface area contributed by atoms with E-state index in [1.165, 1.54) is 30.3 Å². The van der Waals surface area contributed by atoms with Crippen LogP contribution >= 0.6 is 23.2 Å². The average molecular weight is 335 g/mol. The van der Waals surface area contributed by atoms with Crippen molar-refractivity contribution in [3.05, 3.63) is 52.3 Å². The van der Waals surface area contributed by atoms with Crippen molar-refractivity contribution in [3.63, 3.8) is 0 Å². The van der Waals surface area contributed by atoms with Gasteiger partial charge < -0.3 is 5.73 Å². The van der Waals surface area contributed by atoms with Gasteiger partial charge in [-0.3, -0.25) is 4.72 Å². The zero-order valence-electron chi connectivity index (χ0n) is 9.90. The fourth-order valence-electron chi connectivity index (χ4n) is 1.59. The Morgan fingerprint density at radius 3 is 2.25 bits per heavy atom. The molecule has 2 rings (SSSR count). The number of hydrogen-bond donors (Lipinski definition) is 2. The van der Waals surface area contributed by atoms with Crippen LogP contribution in [0.2, 0.25) is 10.0 Å². The van der Waals surface area contributed by atoms with Crippen molar-refractivity contribution in [1.82, 2.24) is 0 Å². The van der Waals surface area contributed by atoms with Crippen molar-refractivity contribution >= 4 is 44.6 Å². The molecule has 0 radical (unpaired) electrons. The first-order valence-electron chi connectivity index (χ1n) is 5.32. The van der Waals surface area contributed by atoms with Crippen LogP contribution in [0.25, 0.3) is 0 Å². The molecule has 0 bridgehead atoms. The highest BCUT2D eigenvalue weighted by atomic mass is 35.5. The molecule has 0 spiro atoms. The maximum Gasteiger partial charge on any atom is 0.264 e. The molecule has 20 heavy (non-hydrogen) atoms. The second-order valence-electron chi connectivity index (χ2n) is 3.93. The number of nitrogens with one attached hydrogen (secondary N) is 1. The van der Waals surface area contributed by atoms with Crippen LogP contribution in [0.5, 0.6) is 0 Å². The van der Waals surface area contributed by atoms with Crippen LogP contribution in [0, 0.1) is 5.82 Å². The lowest BCUT2D eigenvalue weighted by Crippen LogP contribution is -2.14. The second-order valence-corrected chi connectivity index (χ2v) is 6.36. The van der Waals surface area contributed by atoms with E-state index in [-0.39, 0.29) is 26.3 Å². The summed E-state index contributed by atoms with van der Waals surface area (Å²) < 4.78 is 39.7. The summed E-state index contributed by atoms with van der Waals surface area (Å²) >= 11 is 11.7. The molecule has 4 nitrogen and oxygen atoms in total. The van der Waals surface area contributed by atoms with Gasteiger partial charge in [-0.25, -0.2) is 12.8 Å². The van der Waals surface area contributed by atoms with E-state index < -0.39 is 15.8 Å². The Hall–Kier alpha value is -1.50. The van der Waals surface area contributed by atoms with Gasteiger partial charge in [0.1, 0.15) is 10.7 Å². The number of nitrogens with two attached hydrogens (primary N) is 1. The fraction of sp³-hybridized carbons (Fsp3) is 0. The molecule has 2 aromatic rings. The lowest BCUT2D eigenvalue weighted by molar-refractivity contribution is 0.601. The van der Waals surface area contributed by atoms with Gasteiger partial charge in [0.05, 0.1) is 15.7 Å². The number of anilines is 2. The topological polar surface area (TPSA) is 72.2 Å². The van der Waals surface area contributed by atoms with E-state index in [0.717, 1.165) is 6.07 Å². The smallest absolute Gasteiger partial charge is 0.264 e. The monoisotopic (exact) mass is 334 g/mol. The molecule has 3 N–H and O–H groups in total. The zero-order chi connectivity index (χ0) is 14.9. The van der Waals surface area contributed by atoms with E-state index in [2.05, 4.69) is 4.72 Å². The summed E-state index contributed by atoms with van der Waals surface area (Å²) in [5.41, 5.74) is 5.81. The number of sulfonamides is 1. The largest absolute Gasteiger partial charge is 0.399 e. The Bertz CT molecular complexity index is 743. The minimum absolute atomic E-state index is 0.0639. The number of rotatable bonds is 3. The third-order valence-corrected chi connectivity index (χ3v) is 4.67. The van der Waals surface area contributed by atoms with E-state index in [9.17, 15) is 12.8 Å². The third-order valence-electron chi connectivity index (χ3n) is 2.37. The molecular formula is C12H9Cl2FN2O2S. The number of nitrogen functional groups attached to an aromatic ring is 1. The maximum atomic E-state index is 13.1. The van der Waals surface area contributed by atoms with Crippen molar-refractivity contribution in [1.29, 1.82) is 0 Å². The molecule has 0 amide bonds. The van der Waals surface area contributed by atoms with Gasteiger partial charge in [0.25, 0.3) is 10.0 Å². The molecule has 106 valence electrons. The standard InChI is InChI=1S/C12H9Cl2FN2O2S/c13-10-5-8(16)6-11(14)12(10)20(18,19)17-9-3-1-2-7(15)4-9/h1-6,17H,16H2. The summed E-state index contributed by atoms with van der Waals surface area (Å²) in [6.07, 6.45) is 0. The minimum Gasteiger partial charge on any atom is -0.399 e. The van der Waals surface area contributed by atoms with Crippen LogP contribution in [0.1, 0.15) is 0 Å². The molecule has 8 heteroatoms. The van der Waals surface area contributed by atoms with Crippen LogP contribution in [0.15, 0.2) is 41.3 Å². The Balaban J connectivity index is 2.46. The third kappa shape index (κ3) is 3.15. The Morgan fingerprint density at radius 1 is 1.10 bits per heavy atom. The van der Waals surface area contributed by atoms with Crippen LogP contribution in [-0.4, -0.2) is 8.42 Å². The predicted molar refractivity (Wildman–Crippen MR) is 78.1 cm³/mol. The summed E-state index contributed by atoms with van der Waals surface area (Å²) in [6, 6.07) is 7.55. The highest BCUT2D eigenvalue weighted by Gasteiger charge is 2.22. The van der Waals surface area contributed by atoms with Crippen LogP contribution in [0.4, 0.5) is 15.8 Å². The average Bonchev–Trinajstić information content (AvgIpc) is 2.25. The predicted octanol–water partition coefficient (Wildman–Crippen LogP) is 3.52. The van der Waals surface area contributed by atoms with E-state index in [1.807, 2.05) is 0 Å². The molecule has 0 saturated heterocycles. The van der Waals surface area contributed by atoms with Gasteiger partial charge in [-0.2, -0.15) is 0 Å². The summed E-state index contributed by atoms with van der Waals surface area (Å²) in [5.74, 6) is -0.570. The highest BCUT2D eigenvalue weighted by molar-refractivity contribution is 7.93. The first kappa shape index (κ1) is 14.9. The molecule has 0 aliphatic carbocycles. The highest BCUT2D eigenvalue weighted by Crippen LogP contribution is 2.33. The van der Waals surface area contributed by atoms with Crippen molar-refractivity contribution in [3.8, 4) is 0 Å². The summed E-state index contributed by atoms with van der Waals surface area (Å²) in [5, 5.41) is -0.224. The Labute approximate surface area is 125 Å². The molecule has 0 fully saturated rings. The first-order chi connectivity index (χ1) is 9.29. The van der Waals surface area contributed by atoms with Crippen LogP contribution in [-0.2, 0) is 10.0 Å². The molecule has 0 aliphatic rings. The SMILES string of the molecule is Nc1cc(Cl)c(S(=O)(=O)Nc2cccc(F)c2)c(Cl)c1. The van der Waals surface area contributed by atoms with E-state index in [1.54, 1.807) is 0 Å². The van der Waals surface area contributed by atoms with Crippen molar-refractivity contribution in [2.45, 2.75) is 4.90 Å². The van der Waals surface area contributed by atoms with Gasteiger partial charge in [-0.05, 0) is 30.3 Å². The molecule has 0 atom stereocenters. The summed E-state index contributed by atoms with van der Waals surface area (Å²) in [4.78, 5) is -0.306. The summed E-state index contributed by atoms with van der Waals surface area (Å²) in [7, 11) is -4.04. The van der Waals surface area contributed by atoms with Gasteiger partial charge in [0.15, 0.2) is 0 Å². The first-order valence-corrected chi connectivity index (χ1v) is 7.56. The number of benzene rings is 2. The maximum absolute atomic E-state index is 13.1. The molecule has 0 heterocycles. The van der Waals surface area contributed by atoms with E-state index in [4.69, 9.17) is 28.9 Å². The Morgan fingerprint density at radius 2 is 1.70 bits per heavy atom. The van der Waals surface area contributed by atoms with Crippen molar-refractivity contribution in [2.24, 2.45) is 0 Å². The van der Waals surface area contributed by atoms with Crippen molar-refractivity contribution in [2.75, 3.05) is 10.5 Å². The minimum atomic E-state index is -4.04. The van der Waals surface area contributed by atoms with E-state index in [0.29, 0.717) is 0 Å². The van der Waals surface area contributed by atoms with Gasteiger partial charge in [0, 0.05) is 5.69 Å². The molecule has 0 saturated carbocycles. The molecular weight excluding hydrogens is 326 g/mol. The molecule has 2 aromatic carbocycles. The van der Waals surface area contributed by atoms with Crippen LogP contribution < -0.4 is 10.5 Å². The van der Waals surface area contributed by atoms with Gasteiger partial charge in [0.2, 0.25) is 0 Å². The lowest BCUT2D eigenvalue weighted by atomic mass is 10.3. The molecule has 0 aliphatic heterocycles. The summed E-state index contributed by atoms with van der Waals surface area (Å²) in [6.45, 7) is 0. The normalized spacial score (nSPS) is 11.3. The molecule has 0 unspecified atom stereocenters. The van der Waals surface area contributed by atoms with Crippen molar-refractivity contribution < 1.29 is 12.8 Å². The molecule has 0 aromatic heterocycles. The van der Waals surface area contributed by atoms with E-state index >= 15 is 0 Å². The fourth-order valence-corrected chi connectivity index (χ4v) is 3.88. The van der Waals surface area contributed by atoms with Gasteiger partial charge >= 0.3 is 0 Å². The lowest BCUT2D eigenvalue weighted by Gasteiger charge is -2.11. The van der Waals surface area contributed by atoms with Crippen LogP contribution in [0.3, 0.4) is 0 Å². The second kappa shape index (κ2) is 5.47. The zero-order valence-corrected chi connectivity index (χ0v) is 12.2. The van der Waals surface area contributed by atoms with Gasteiger partial charge in [-0.15, -0.1) is 0 Å².